The van der Waals surface area contributed by atoms with Crippen molar-refractivity contribution < 1.29 is 9.90 Å². The van der Waals surface area contributed by atoms with Gasteiger partial charge in [-0.25, -0.2) is 4.79 Å². The van der Waals surface area contributed by atoms with Crippen molar-refractivity contribution in [1.29, 1.82) is 0 Å². The zero-order chi connectivity index (χ0) is 8.43. The van der Waals surface area contributed by atoms with Crippen LogP contribution < -0.4 is 0 Å². The number of aromatic nitrogens is 2. The smallest absolute Gasteiger partial charge is 0.357 e. The predicted molar refractivity (Wildman–Crippen MR) is 44.8 cm³/mol. The summed E-state index contributed by atoms with van der Waals surface area (Å²) in [6.45, 7) is 0. The summed E-state index contributed by atoms with van der Waals surface area (Å²) in [7, 11) is 0. The SMILES string of the molecule is O=C(O)c1nnc(Cl)cc1Cl.[Li]. The van der Waals surface area contributed by atoms with Crippen molar-refractivity contribution in [1.82, 2.24) is 10.2 Å². The molecule has 0 aliphatic heterocycles. The Morgan fingerprint density at radius 2 is 2.00 bits per heavy atom. The van der Waals surface area contributed by atoms with E-state index in [2.05, 4.69) is 10.2 Å². The average molecular weight is 200 g/mol. The Bertz CT molecular complexity index is 307. The van der Waals surface area contributed by atoms with Gasteiger partial charge in [0.1, 0.15) is 0 Å². The maximum atomic E-state index is 10.3. The molecule has 0 saturated heterocycles. The second-order valence-corrected chi connectivity index (χ2v) is 2.46. The van der Waals surface area contributed by atoms with E-state index >= 15 is 0 Å². The topological polar surface area (TPSA) is 63.1 Å². The molecule has 59 valence electrons. The standard InChI is InChI=1S/C5H2Cl2N2O2.Li/c6-2-1-3(7)8-9-4(2)5(10)11;/h1H,(H,10,11);. The largest absolute Gasteiger partial charge is 0.476 e. The molecule has 0 bridgehead atoms. The molecule has 12 heavy (non-hydrogen) atoms. The first-order chi connectivity index (χ1) is 5.11. The quantitative estimate of drug-likeness (QED) is 0.689. The molecule has 0 atom stereocenters. The van der Waals surface area contributed by atoms with E-state index in [1.165, 1.54) is 6.07 Å². The number of rotatable bonds is 1. The molecule has 1 rings (SSSR count). The van der Waals surface area contributed by atoms with Gasteiger partial charge in [0.25, 0.3) is 0 Å². The molecule has 0 unspecified atom stereocenters. The van der Waals surface area contributed by atoms with Crippen LogP contribution in [0.25, 0.3) is 0 Å². The second kappa shape index (κ2) is 4.68. The van der Waals surface area contributed by atoms with Crippen LogP contribution in [0.1, 0.15) is 10.5 Å². The summed E-state index contributed by atoms with van der Waals surface area (Å²) in [6, 6.07) is 1.22. The molecule has 0 aliphatic carbocycles. The summed E-state index contributed by atoms with van der Waals surface area (Å²) in [5.74, 6) is -1.22. The van der Waals surface area contributed by atoms with Crippen molar-refractivity contribution in [3.05, 3.63) is 21.9 Å². The van der Waals surface area contributed by atoms with Crippen molar-refractivity contribution in [2.45, 2.75) is 0 Å². The fourth-order valence-corrected chi connectivity index (χ4v) is 0.917. The summed E-state index contributed by atoms with van der Waals surface area (Å²) in [5.41, 5.74) is -0.295. The van der Waals surface area contributed by atoms with E-state index in [4.69, 9.17) is 28.3 Å². The summed E-state index contributed by atoms with van der Waals surface area (Å²) >= 11 is 10.8. The predicted octanol–water partition coefficient (Wildman–Crippen LogP) is 1.10. The van der Waals surface area contributed by atoms with E-state index in [0.717, 1.165) is 0 Å². The molecule has 4 nitrogen and oxygen atoms in total. The van der Waals surface area contributed by atoms with Crippen molar-refractivity contribution in [3.63, 3.8) is 0 Å². The summed E-state index contributed by atoms with van der Waals surface area (Å²) in [4.78, 5) is 10.3. The first kappa shape index (κ1) is 11.7. The number of carboxylic acids is 1. The van der Waals surface area contributed by atoms with Crippen LogP contribution in [-0.4, -0.2) is 40.1 Å². The van der Waals surface area contributed by atoms with Crippen LogP contribution in [0.5, 0.6) is 0 Å². The number of halogens is 2. The fourth-order valence-electron chi connectivity index (χ4n) is 0.492. The zero-order valence-electron chi connectivity index (χ0n) is 6.08. The van der Waals surface area contributed by atoms with Gasteiger partial charge in [-0.1, -0.05) is 23.2 Å². The van der Waals surface area contributed by atoms with E-state index in [0.29, 0.717) is 0 Å². The van der Waals surface area contributed by atoms with E-state index < -0.39 is 5.97 Å². The molecule has 1 aromatic heterocycles. The molecule has 7 heteroatoms. The van der Waals surface area contributed by atoms with Gasteiger partial charge < -0.3 is 5.11 Å². The van der Waals surface area contributed by atoms with Gasteiger partial charge in [0.05, 0.1) is 5.02 Å². The Morgan fingerprint density at radius 1 is 1.42 bits per heavy atom. The Balaban J connectivity index is 0.00000121. The van der Waals surface area contributed by atoms with Gasteiger partial charge in [0.2, 0.25) is 0 Å². The van der Waals surface area contributed by atoms with Gasteiger partial charge >= 0.3 is 5.97 Å². The summed E-state index contributed by atoms with van der Waals surface area (Å²) in [5, 5.41) is 15.1. The van der Waals surface area contributed by atoms with Gasteiger partial charge in [0, 0.05) is 18.9 Å². The minimum Gasteiger partial charge on any atom is -0.476 e. The molecule has 0 spiro atoms. The third-order valence-corrected chi connectivity index (χ3v) is 1.39. The molecule has 1 radical (unpaired) electrons. The van der Waals surface area contributed by atoms with E-state index in [1.54, 1.807) is 0 Å². The zero-order valence-corrected chi connectivity index (χ0v) is 7.60. The van der Waals surface area contributed by atoms with E-state index in [-0.39, 0.29) is 34.7 Å². The number of carbonyl (C=O) groups is 1. The molecule has 0 saturated carbocycles. The average Bonchev–Trinajstić information content (AvgIpc) is 1.85. The number of hydrogen-bond acceptors (Lipinski definition) is 3. The third kappa shape index (κ3) is 2.65. The van der Waals surface area contributed by atoms with Crippen molar-refractivity contribution in [3.8, 4) is 0 Å². The van der Waals surface area contributed by atoms with Crippen molar-refractivity contribution in [2.24, 2.45) is 0 Å². The summed E-state index contributed by atoms with van der Waals surface area (Å²) in [6.07, 6.45) is 0. The first-order valence-electron chi connectivity index (χ1n) is 2.53. The molecule has 1 aromatic rings. The minimum atomic E-state index is -1.22. The molecular formula is C5H2Cl2LiN2O2. The Labute approximate surface area is 90.1 Å². The third-order valence-electron chi connectivity index (χ3n) is 0.920. The van der Waals surface area contributed by atoms with Gasteiger partial charge in [0.15, 0.2) is 10.8 Å². The second-order valence-electron chi connectivity index (χ2n) is 1.67. The number of aromatic carboxylic acids is 1. The Kier molecular flexibility index (Phi) is 4.57. The molecule has 0 aromatic carbocycles. The van der Waals surface area contributed by atoms with Crippen LogP contribution in [0.3, 0.4) is 0 Å². The normalized spacial score (nSPS) is 8.83. The van der Waals surface area contributed by atoms with Crippen LogP contribution in [0.15, 0.2) is 6.07 Å². The fraction of sp³-hybridized carbons (Fsp3) is 0. The van der Waals surface area contributed by atoms with Gasteiger partial charge in [-0.3, -0.25) is 0 Å². The van der Waals surface area contributed by atoms with Crippen LogP contribution >= 0.6 is 23.2 Å². The molecule has 0 aliphatic rings. The van der Waals surface area contributed by atoms with Crippen molar-refractivity contribution in [2.75, 3.05) is 0 Å². The van der Waals surface area contributed by atoms with E-state index in [9.17, 15) is 4.79 Å². The number of hydrogen-bond donors (Lipinski definition) is 1. The Morgan fingerprint density at radius 3 is 2.42 bits per heavy atom. The molecule has 0 fully saturated rings. The number of carboxylic acid groups (broad SMARTS) is 1. The first-order valence-corrected chi connectivity index (χ1v) is 3.29. The molecule has 0 amide bonds. The molecule has 1 N–H and O–H groups in total. The molecule has 1 heterocycles. The van der Waals surface area contributed by atoms with E-state index in [1.807, 2.05) is 0 Å². The van der Waals surface area contributed by atoms with Crippen LogP contribution in [0, 0.1) is 0 Å². The van der Waals surface area contributed by atoms with Crippen LogP contribution in [0.2, 0.25) is 10.2 Å². The Hall–Kier alpha value is -0.273. The monoisotopic (exact) mass is 199 g/mol. The van der Waals surface area contributed by atoms with Gasteiger partial charge in [-0.05, 0) is 6.07 Å². The van der Waals surface area contributed by atoms with Crippen LogP contribution in [0.4, 0.5) is 0 Å². The summed E-state index contributed by atoms with van der Waals surface area (Å²) < 4.78 is 0. The van der Waals surface area contributed by atoms with Gasteiger partial charge in [-0.2, -0.15) is 0 Å². The maximum Gasteiger partial charge on any atom is 0.357 e. The van der Waals surface area contributed by atoms with Crippen LogP contribution in [-0.2, 0) is 0 Å². The minimum absolute atomic E-state index is 0. The van der Waals surface area contributed by atoms with Crippen molar-refractivity contribution >= 4 is 48.0 Å². The maximum absolute atomic E-state index is 10.3. The number of nitrogens with zero attached hydrogens (tertiary/aromatic N) is 2. The van der Waals surface area contributed by atoms with Gasteiger partial charge in [-0.15, -0.1) is 10.2 Å². The molecular weight excluding hydrogens is 198 g/mol.